The van der Waals surface area contributed by atoms with Gasteiger partial charge in [-0.05, 0) is 97.9 Å². The highest BCUT2D eigenvalue weighted by atomic mass is 35.5. The Labute approximate surface area is 438 Å². The number of benzene rings is 3. The zero-order valence-electron chi connectivity index (χ0n) is 42.8. The third-order valence-electron chi connectivity index (χ3n) is 15.6. The van der Waals surface area contributed by atoms with Gasteiger partial charge in [0.1, 0.15) is 45.4 Å². The highest BCUT2D eigenvalue weighted by Gasteiger charge is 2.41. The molecule has 4 N–H and O–H groups in total. The fourth-order valence-electron chi connectivity index (χ4n) is 11.7. The van der Waals surface area contributed by atoms with Gasteiger partial charge in [-0.2, -0.15) is 0 Å². The molecule has 3 saturated heterocycles. The Balaban J connectivity index is 0.954. The number of nitrogens with zero attached hydrogens (tertiary/aromatic N) is 5. The van der Waals surface area contributed by atoms with Crippen molar-refractivity contribution < 1.29 is 28.7 Å². The molecule has 17 heteroatoms. The van der Waals surface area contributed by atoms with Crippen molar-refractivity contribution >= 4 is 52.9 Å². The Bertz CT molecular complexity index is 2580. The number of aromatic amines is 2. The molecule has 6 unspecified atom stereocenters. The summed E-state index contributed by atoms with van der Waals surface area (Å²) in [6.07, 6.45) is 10.0. The monoisotopic (exact) mass is 1030 g/mol. The van der Waals surface area contributed by atoms with Gasteiger partial charge in [0.15, 0.2) is 0 Å². The third kappa shape index (κ3) is 10.9. The molecule has 4 aliphatic rings. The van der Waals surface area contributed by atoms with Crippen molar-refractivity contribution in [1.82, 2.24) is 40.4 Å². The average molecular weight is 1040 g/mol. The molecule has 73 heavy (non-hydrogen) atoms. The quantitative estimate of drug-likeness (QED) is 0.0842. The molecule has 6 atom stereocenters. The highest BCUT2D eigenvalue weighted by molar-refractivity contribution is 6.32. The molecule has 15 nitrogen and oxygen atoms in total. The van der Waals surface area contributed by atoms with Gasteiger partial charge in [0, 0.05) is 29.9 Å². The van der Waals surface area contributed by atoms with Gasteiger partial charge >= 0.3 is 12.2 Å². The van der Waals surface area contributed by atoms with Gasteiger partial charge in [-0.1, -0.05) is 131 Å². The Morgan fingerprint density at radius 3 is 1.36 bits per heavy atom. The average Bonchev–Trinajstić information content (AvgIpc) is 4.28. The Morgan fingerprint density at radius 2 is 0.959 bits per heavy atom. The maximum absolute atomic E-state index is 13.8. The number of imidazole rings is 2. The number of anilines is 1. The summed E-state index contributed by atoms with van der Waals surface area (Å²) in [6.45, 7) is 8.70. The van der Waals surface area contributed by atoms with Crippen molar-refractivity contribution in [2.45, 2.75) is 140 Å². The fraction of sp³-hybridized carbons (Fsp3) is 0.500. The van der Waals surface area contributed by atoms with Gasteiger partial charge in [0.05, 0.1) is 38.4 Å². The van der Waals surface area contributed by atoms with Crippen LogP contribution in [0, 0.1) is 11.8 Å². The van der Waals surface area contributed by atoms with E-state index in [4.69, 9.17) is 42.6 Å². The molecule has 1 saturated carbocycles. The molecule has 5 aromatic rings. The van der Waals surface area contributed by atoms with Crippen molar-refractivity contribution in [3.8, 4) is 22.5 Å². The normalized spacial score (nSPS) is 21.2. The minimum atomic E-state index is -0.734. The summed E-state index contributed by atoms with van der Waals surface area (Å²) in [5, 5.41) is 6.26. The van der Waals surface area contributed by atoms with Crippen LogP contribution in [-0.2, 0) is 19.1 Å². The lowest BCUT2D eigenvalue weighted by molar-refractivity contribution is -0.136. The predicted molar refractivity (Wildman–Crippen MR) is 283 cm³/mol. The van der Waals surface area contributed by atoms with E-state index < -0.39 is 24.3 Å². The van der Waals surface area contributed by atoms with Gasteiger partial charge < -0.3 is 44.8 Å². The molecule has 1 aliphatic carbocycles. The molecule has 3 aromatic carbocycles. The first kappa shape index (κ1) is 51.8. The van der Waals surface area contributed by atoms with E-state index in [-0.39, 0.29) is 47.8 Å². The number of H-pyrrole nitrogens is 2. The third-order valence-corrected chi connectivity index (χ3v) is 16.2. The van der Waals surface area contributed by atoms with Crippen LogP contribution in [0.3, 0.4) is 0 Å². The van der Waals surface area contributed by atoms with Crippen molar-refractivity contribution in [1.29, 1.82) is 0 Å². The number of amides is 4. The van der Waals surface area contributed by atoms with E-state index in [0.717, 1.165) is 49.7 Å². The molecule has 0 bridgehead atoms. The molecule has 388 valence electrons. The summed E-state index contributed by atoms with van der Waals surface area (Å²) in [6, 6.07) is 24.5. The standard InChI is InChI=1S/C56H69Cl2N9O6/c1-32(2)45(61-55(70)72-5)53(68)65-30-10-14-43(65)51-59-47(49(57)63-51)38-20-16-36(17-21-38)41-28-29-42(67(41)40-26-24-35(25-27-40)34-12-8-7-9-13-34)37-18-22-39(23-19-37)48-50(58)64-52(60-48)44-15-11-31-66(44)54(69)46(33(3)4)62-56(71)73-6/h16-27,32-34,41-46H,7-15,28-31H2,1-6H3,(H,59,63)(H,60,64)(H,61,70)(H,62,71). The second-order valence-corrected chi connectivity index (χ2v) is 21.6. The number of carbonyl (C=O) groups excluding carboxylic acids is 4. The minimum Gasteiger partial charge on any atom is -0.453 e. The lowest BCUT2D eigenvalue weighted by Gasteiger charge is -2.34. The molecule has 5 heterocycles. The molecule has 4 amide bonds. The first-order chi connectivity index (χ1) is 35.2. The molecular weight excluding hydrogens is 966 g/mol. The maximum Gasteiger partial charge on any atom is 0.407 e. The van der Waals surface area contributed by atoms with E-state index >= 15 is 0 Å². The van der Waals surface area contributed by atoms with Crippen LogP contribution >= 0.6 is 23.2 Å². The summed E-state index contributed by atoms with van der Waals surface area (Å²) in [7, 11) is 2.58. The molecule has 0 spiro atoms. The van der Waals surface area contributed by atoms with E-state index in [1.807, 2.05) is 27.7 Å². The molecule has 9 rings (SSSR count). The summed E-state index contributed by atoms with van der Waals surface area (Å²) >= 11 is 13.8. The number of hydrogen-bond donors (Lipinski definition) is 4. The van der Waals surface area contributed by atoms with E-state index in [1.165, 1.54) is 68.7 Å². The Morgan fingerprint density at radius 1 is 0.548 bits per heavy atom. The minimum absolute atomic E-state index is 0.0913. The van der Waals surface area contributed by atoms with E-state index in [0.29, 0.717) is 52.4 Å². The van der Waals surface area contributed by atoms with Crippen LogP contribution in [0.4, 0.5) is 15.3 Å². The number of alkyl carbamates (subject to hydrolysis) is 2. The predicted octanol–water partition coefficient (Wildman–Crippen LogP) is 12.0. The largest absolute Gasteiger partial charge is 0.453 e. The molecule has 4 fully saturated rings. The smallest absolute Gasteiger partial charge is 0.407 e. The number of halogens is 2. The van der Waals surface area contributed by atoms with Crippen molar-refractivity contribution in [3.05, 3.63) is 111 Å². The van der Waals surface area contributed by atoms with Crippen molar-refractivity contribution in [2.75, 3.05) is 32.2 Å². The second kappa shape index (κ2) is 22.6. The second-order valence-electron chi connectivity index (χ2n) is 20.9. The van der Waals surface area contributed by atoms with Crippen LogP contribution in [0.2, 0.25) is 10.3 Å². The van der Waals surface area contributed by atoms with E-state index in [9.17, 15) is 19.2 Å². The van der Waals surface area contributed by atoms with Crippen LogP contribution in [-0.4, -0.2) is 93.1 Å². The highest BCUT2D eigenvalue weighted by Crippen LogP contribution is 2.48. The lowest BCUT2D eigenvalue weighted by atomic mass is 9.84. The molecule has 2 aromatic heterocycles. The summed E-state index contributed by atoms with van der Waals surface area (Å²) in [4.78, 5) is 74.7. The van der Waals surface area contributed by atoms with Crippen molar-refractivity contribution in [3.63, 3.8) is 0 Å². The number of likely N-dealkylation sites (tertiary alicyclic amines) is 2. The van der Waals surface area contributed by atoms with Crippen LogP contribution in [0.1, 0.15) is 157 Å². The van der Waals surface area contributed by atoms with Gasteiger partial charge in [0.2, 0.25) is 11.8 Å². The number of rotatable bonds is 14. The maximum atomic E-state index is 13.8. The van der Waals surface area contributed by atoms with Crippen LogP contribution in [0.25, 0.3) is 22.5 Å². The first-order valence-corrected chi connectivity index (χ1v) is 26.9. The summed E-state index contributed by atoms with van der Waals surface area (Å²) in [5.74, 6) is 1.21. The van der Waals surface area contributed by atoms with E-state index in [1.54, 1.807) is 9.80 Å². The van der Waals surface area contributed by atoms with Crippen LogP contribution < -0.4 is 15.5 Å². The summed E-state index contributed by atoms with van der Waals surface area (Å²) < 4.78 is 9.64. The number of carbonyl (C=O) groups is 4. The van der Waals surface area contributed by atoms with Crippen molar-refractivity contribution in [2.24, 2.45) is 11.8 Å². The number of nitrogens with one attached hydrogen (secondary N) is 4. The number of aromatic nitrogens is 4. The zero-order valence-corrected chi connectivity index (χ0v) is 44.3. The van der Waals surface area contributed by atoms with Crippen LogP contribution in [0.15, 0.2) is 72.8 Å². The lowest BCUT2D eigenvalue weighted by Crippen LogP contribution is -2.51. The number of ether oxygens (including phenoxy) is 2. The molecule has 0 radical (unpaired) electrons. The topological polar surface area (TPSA) is 178 Å². The Kier molecular flexibility index (Phi) is 16.0. The fourth-order valence-corrected chi connectivity index (χ4v) is 12.2. The van der Waals surface area contributed by atoms with E-state index in [2.05, 4.69) is 98.3 Å². The van der Waals surface area contributed by atoms with Gasteiger partial charge in [-0.3, -0.25) is 9.59 Å². The van der Waals surface area contributed by atoms with Gasteiger partial charge in [-0.15, -0.1) is 0 Å². The van der Waals surface area contributed by atoms with Gasteiger partial charge in [0.25, 0.3) is 0 Å². The van der Waals surface area contributed by atoms with Crippen LogP contribution in [0.5, 0.6) is 0 Å². The molecule has 3 aliphatic heterocycles. The zero-order chi connectivity index (χ0) is 51.5. The first-order valence-electron chi connectivity index (χ1n) is 26.1. The SMILES string of the molecule is COC(=O)NC(C(=O)N1CCCC1c1nc(-c2ccc(C3CCC(c4ccc(-c5nc(C6CCCN6C(=O)C(NC(=O)OC)C(C)C)[nH]c5Cl)cc4)N3c3ccc(C4CCCCC4)cc3)cc2)c(Cl)[nH]1)C(C)C. The molecular formula is C56H69Cl2N9O6. The van der Waals surface area contributed by atoms with Gasteiger partial charge in [-0.25, -0.2) is 19.6 Å². The summed E-state index contributed by atoms with van der Waals surface area (Å²) in [5.41, 5.74) is 7.96. The number of hydrogen-bond acceptors (Lipinski definition) is 9. The number of methoxy groups -OCH3 is 2. The Hall–Kier alpha value is -6.06.